The van der Waals surface area contributed by atoms with Gasteiger partial charge < -0.3 is 14.6 Å². The highest BCUT2D eigenvalue weighted by Gasteiger charge is 2.17. The lowest BCUT2D eigenvalue weighted by Gasteiger charge is -2.20. The van der Waals surface area contributed by atoms with Crippen LogP contribution in [0.4, 0.5) is 0 Å². The minimum absolute atomic E-state index is 0.0351. The number of benzene rings is 3. The summed E-state index contributed by atoms with van der Waals surface area (Å²) in [7, 11) is 0. The van der Waals surface area contributed by atoms with Gasteiger partial charge in [0.15, 0.2) is 0 Å². The molecule has 0 unspecified atom stereocenters. The molecule has 1 heterocycles. The first-order chi connectivity index (χ1) is 15.6. The normalized spacial score (nSPS) is 10.8. The van der Waals surface area contributed by atoms with E-state index in [9.17, 15) is 4.79 Å². The number of rotatable bonds is 8. The van der Waals surface area contributed by atoms with Gasteiger partial charge in [-0.25, -0.2) is 0 Å². The Morgan fingerprint density at radius 3 is 2.03 bits per heavy atom. The Morgan fingerprint density at radius 1 is 0.906 bits per heavy atom. The van der Waals surface area contributed by atoms with Crippen LogP contribution in [0, 0.1) is 13.8 Å². The van der Waals surface area contributed by atoms with Crippen molar-refractivity contribution >= 4 is 5.91 Å². The van der Waals surface area contributed by atoms with Gasteiger partial charge in [0.25, 0.3) is 0 Å². The summed E-state index contributed by atoms with van der Waals surface area (Å²) in [6.07, 6.45) is 0.292. The molecule has 5 heteroatoms. The van der Waals surface area contributed by atoms with Crippen molar-refractivity contribution in [1.82, 2.24) is 10.5 Å². The monoisotopic (exact) mass is 426 g/mol. The van der Waals surface area contributed by atoms with E-state index in [0.717, 1.165) is 39.5 Å². The van der Waals surface area contributed by atoms with E-state index in [-0.39, 0.29) is 11.9 Å². The summed E-state index contributed by atoms with van der Waals surface area (Å²) < 4.78 is 11.0. The zero-order valence-corrected chi connectivity index (χ0v) is 18.2. The fraction of sp³-hybridized carbons (Fsp3) is 0.185. The van der Waals surface area contributed by atoms with Gasteiger partial charge in [0, 0.05) is 0 Å². The third kappa shape index (κ3) is 5.24. The molecule has 3 aromatic carbocycles. The third-order valence-corrected chi connectivity index (χ3v) is 5.42. The highest BCUT2D eigenvalue weighted by atomic mass is 16.5. The minimum Gasteiger partial charge on any atom is -0.489 e. The Kier molecular flexibility index (Phi) is 6.66. The van der Waals surface area contributed by atoms with Gasteiger partial charge in [-0.1, -0.05) is 78.0 Å². The zero-order chi connectivity index (χ0) is 22.3. The number of aryl methyl sites for hydroxylation is 2. The van der Waals surface area contributed by atoms with E-state index >= 15 is 0 Å². The molecular formula is C27H26N2O3. The average Bonchev–Trinajstić information content (AvgIpc) is 3.15. The maximum absolute atomic E-state index is 12.9. The van der Waals surface area contributed by atoms with Crippen LogP contribution in [0.25, 0.3) is 0 Å². The van der Waals surface area contributed by atoms with Gasteiger partial charge in [-0.2, -0.15) is 0 Å². The van der Waals surface area contributed by atoms with E-state index in [1.807, 2.05) is 98.8 Å². The standard InChI is InChI=1S/C27H26N2O3/c1-19-25(20(2)32-29-19)18-31-24-15-13-21(14-16-24)17-26(30)28-27(22-9-5-3-6-10-22)23-11-7-4-8-12-23/h3-16,27H,17-18H2,1-2H3,(H,28,30). The molecule has 162 valence electrons. The van der Waals surface area contributed by atoms with Gasteiger partial charge in [-0.15, -0.1) is 0 Å². The molecule has 0 atom stereocenters. The summed E-state index contributed by atoms with van der Waals surface area (Å²) in [6.45, 7) is 4.17. The Hall–Kier alpha value is -3.86. The molecule has 0 aliphatic rings. The molecule has 0 fully saturated rings. The number of nitrogens with zero attached hydrogens (tertiary/aromatic N) is 1. The van der Waals surface area contributed by atoms with Crippen LogP contribution < -0.4 is 10.1 Å². The van der Waals surface area contributed by atoms with Gasteiger partial charge in [-0.05, 0) is 42.7 Å². The largest absolute Gasteiger partial charge is 0.489 e. The predicted octanol–water partition coefficient (Wildman–Crippen LogP) is 5.32. The van der Waals surface area contributed by atoms with Crippen LogP contribution in [0.15, 0.2) is 89.5 Å². The Morgan fingerprint density at radius 2 is 1.50 bits per heavy atom. The second kappa shape index (κ2) is 9.96. The number of ether oxygens (including phenoxy) is 1. The molecule has 32 heavy (non-hydrogen) atoms. The fourth-order valence-corrected chi connectivity index (χ4v) is 3.61. The van der Waals surface area contributed by atoms with E-state index in [1.165, 1.54) is 0 Å². The van der Waals surface area contributed by atoms with E-state index < -0.39 is 0 Å². The first kappa shape index (κ1) is 21.4. The van der Waals surface area contributed by atoms with Gasteiger partial charge in [-0.3, -0.25) is 4.79 Å². The first-order valence-corrected chi connectivity index (χ1v) is 10.6. The van der Waals surface area contributed by atoms with Crippen molar-refractivity contribution in [2.45, 2.75) is 32.9 Å². The number of nitrogens with one attached hydrogen (secondary N) is 1. The van der Waals surface area contributed by atoms with E-state index in [0.29, 0.717) is 13.0 Å². The SMILES string of the molecule is Cc1noc(C)c1COc1ccc(CC(=O)NC(c2ccccc2)c2ccccc2)cc1. The first-order valence-electron chi connectivity index (χ1n) is 10.6. The highest BCUT2D eigenvalue weighted by molar-refractivity contribution is 5.79. The Balaban J connectivity index is 1.39. The second-order valence-electron chi connectivity index (χ2n) is 7.73. The molecular weight excluding hydrogens is 400 g/mol. The van der Waals surface area contributed by atoms with Crippen LogP contribution in [-0.4, -0.2) is 11.1 Å². The van der Waals surface area contributed by atoms with Crippen molar-refractivity contribution in [3.05, 3.63) is 119 Å². The van der Waals surface area contributed by atoms with Crippen LogP contribution in [0.2, 0.25) is 0 Å². The highest BCUT2D eigenvalue weighted by Crippen LogP contribution is 2.22. The van der Waals surface area contributed by atoms with Gasteiger partial charge in [0.1, 0.15) is 18.1 Å². The zero-order valence-electron chi connectivity index (χ0n) is 18.2. The number of carbonyl (C=O) groups is 1. The second-order valence-corrected chi connectivity index (χ2v) is 7.73. The molecule has 1 aromatic heterocycles. The van der Waals surface area contributed by atoms with Crippen LogP contribution in [0.1, 0.15) is 39.7 Å². The fourth-order valence-electron chi connectivity index (χ4n) is 3.61. The number of amides is 1. The summed E-state index contributed by atoms with van der Waals surface area (Å²) in [6, 6.07) is 27.4. The van der Waals surface area contributed by atoms with Crippen LogP contribution in [0.3, 0.4) is 0 Å². The topological polar surface area (TPSA) is 64.4 Å². The number of hydrogen-bond acceptors (Lipinski definition) is 4. The minimum atomic E-state index is -0.192. The smallest absolute Gasteiger partial charge is 0.225 e. The summed E-state index contributed by atoms with van der Waals surface area (Å²) in [5.41, 5.74) is 4.82. The molecule has 0 aliphatic heterocycles. The summed E-state index contributed by atoms with van der Waals surface area (Å²) in [4.78, 5) is 12.9. The van der Waals surface area contributed by atoms with Crippen molar-refractivity contribution in [2.75, 3.05) is 0 Å². The molecule has 0 aliphatic carbocycles. The van der Waals surface area contributed by atoms with Crippen molar-refractivity contribution in [2.24, 2.45) is 0 Å². The maximum Gasteiger partial charge on any atom is 0.225 e. The van der Waals surface area contributed by atoms with Crippen LogP contribution in [-0.2, 0) is 17.8 Å². The van der Waals surface area contributed by atoms with Gasteiger partial charge >= 0.3 is 0 Å². The molecule has 1 amide bonds. The molecule has 0 saturated carbocycles. The quantitative estimate of drug-likeness (QED) is 0.414. The summed E-state index contributed by atoms with van der Waals surface area (Å²) in [5.74, 6) is 1.47. The lowest BCUT2D eigenvalue weighted by atomic mass is 9.98. The molecule has 5 nitrogen and oxygen atoms in total. The Bertz CT molecular complexity index is 1090. The van der Waals surface area contributed by atoms with Gasteiger partial charge in [0.2, 0.25) is 5.91 Å². The molecule has 4 rings (SSSR count). The summed E-state index contributed by atoms with van der Waals surface area (Å²) >= 11 is 0. The van der Waals surface area contributed by atoms with Crippen molar-refractivity contribution in [3.63, 3.8) is 0 Å². The van der Waals surface area contributed by atoms with Crippen molar-refractivity contribution < 1.29 is 14.1 Å². The molecule has 0 bridgehead atoms. The predicted molar refractivity (Wildman–Crippen MR) is 123 cm³/mol. The van der Waals surface area contributed by atoms with Gasteiger partial charge in [0.05, 0.1) is 23.7 Å². The molecule has 0 saturated heterocycles. The molecule has 0 radical (unpaired) electrons. The van der Waals surface area contributed by atoms with E-state index in [1.54, 1.807) is 0 Å². The van der Waals surface area contributed by atoms with Crippen LogP contribution >= 0.6 is 0 Å². The lowest BCUT2D eigenvalue weighted by Crippen LogP contribution is -2.30. The number of hydrogen-bond donors (Lipinski definition) is 1. The van der Waals surface area contributed by atoms with Crippen LogP contribution in [0.5, 0.6) is 5.75 Å². The van der Waals surface area contributed by atoms with E-state index in [4.69, 9.17) is 9.26 Å². The molecule has 1 N–H and O–H groups in total. The maximum atomic E-state index is 12.9. The molecule has 0 spiro atoms. The molecule has 4 aromatic rings. The van der Waals surface area contributed by atoms with Crippen molar-refractivity contribution in [3.8, 4) is 5.75 Å². The average molecular weight is 427 g/mol. The number of carbonyl (C=O) groups excluding carboxylic acids is 1. The third-order valence-electron chi connectivity index (χ3n) is 5.42. The Labute approximate surface area is 188 Å². The summed E-state index contributed by atoms with van der Waals surface area (Å²) in [5, 5.41) is 7.12. The van der Waals surface area contributed by atoms with E-state index in [2.05, 4.69) is 10.5 Å². The van der Waals surface area contributed by atoms with Crippen molar-refractivity contribution in [1.29, 1.82) is 0 Å². The lowest BCUT2D eigenvalue weighted by molar-refractivity contribution is -0.120. The number of aromatic nitrogens is 1.